The van der Waals surface area contributed by atoms with Crippen molar-refractivity contribution in [3.05, 3.63) is 66.8 Å². The van der Waals surface area contributed by atoms with Gasteiger partial charge < -0.3 is 14.9 Å². The molecule has 6 heterocycles. The van der Waals surface area contributed by atoms with E-state index >= 15 is 0 Å². The van der Waals surface area contributed by atoms with Gasteiger partial charge >= 0.3 is 0 Å². The van der Waals surface area contributed by atoms with E-state index in [0.717, 1.165) is 69.3 Å². The Hall–Kier alpha value is -4.44. The Bertz CT molecular complexity index is 1740. The predicted octanol–water partition coefficient (Wildman–Crippen LogP) is 4.73. The molecule has 190 valence electrons. The van der Waals surface area contributed by atoms with Gasteiger partial charge in [-0.05, 0) is 56.0 Å². The topological polar surface area (TPSA) is 126 Å². The molecule has 0 aromatic carbocycles. The van der Waals surface area contributed by atoms with Crippen LogP contribution in [0.25, 0.3) is 50.5 Å². The lowest BCUT2D eigenvalue weighted by Crippen LogP contribution is -2.20. The van der Waals surface area contributed by atoms with Crippen LogP contribution in [0.1, 0.15) is 36.9 Å². The van der Waals surface area contributed by atoms with Crippen molar-refractivity contribution in [1.29, 1.82) is 0 Å². The Kier molecular flexibility index (Phi) is 5.66. The van der Waals surface area contributed by atoms with Gasteiger partial charge in [0.05, 0.1) is 46.8 Å². The Labute approximate surface area is 219 Å². The van der Waals surface area contributed by atoms with Crippen molar-refractivity contribution in [3.8, 4) is 28.5 Å². The number of nitrogens with zero attached hydrogens (tertiary/aromatic N) is 7. The molecule has 38 heavy (non-hydrogen) atoms. The van der Waals surface area contributed by atoms with E-state index < -0.39 is 0 Å². The monoisotopic (exact) mass is 504 g/mol. The van der Waals surface area contributed by atoms with Gasteiger partial charge in [-0.1, -0.05) is 12.8 Å². The Morgan fingerprint density at radius 2 is 1.89 bits per heavy atom. The van der Waals surface area contributed by atoms with Gasteiger partial charge in [0.1, 0.15) is 11.0 Å². The molecular formula is C28H28N10. The smallest absolute Gasteiger partial charge is 0.161 e. The third-order valence-corrected chi connectivity index (χ3v) is 7.32. The van der Waals surface area contributed by atoms with Gasteiger partial charge in [-0.2, -0.15) is 5.10 Å². The molecule has 0 amide bonds. The molecule has 1 aliphatic rings. The molecule has 10 nitrogen and oxygen atoms in total. The van der Waals surface area contributed by atoms with E-state index in [1.165, 1.54) is 25.7 Å². The summed E-state index contributed by atoms with van der Waals surface area (Å²) in [4.78, 5) is 26.4. The lowest BCUT2D eigenvalue weighted by molar-refractivity contribution is 0.489. The normalized spacial score (nSPS) is 14.2. The van der Waals surface area contributed by atoms with Crippen LogP contribution in [0.3, 0.4) is 0 Å². The van der Waals surface area contributed by atoms with Gasteiger partial charge in [-0.25, -0.2) is 15.0 Å². The van der Waals surface area contributed by atoms with Crippen molar-refractivity contribution in [2.45, 2.75) is 39.2 Å². The number of pyridine rings is 3. The van der Waals surface area contributed by atoms with Gasteiger partial charge in [-0.3, -0.25) is 15.1 Å². The molecule has 0 atom stereocenters. The van der Waals surface area contributed by atoms with Crippen LogP contribution in [0.15, 0.2) is 55.5 Å². The van der Waals surface area contributed by atoms with E-state index in [9.17, 15) is 0 Å². The summed E-state index contributed by atoms with van der Waals surface area (Å²) in [6.45, 7) is 3.84. The number of H-pyrrole nitrogens is 2. The number of nitrogens with one attached hydrogen (secondary N) is 3. The zero-order valence-electron chi connectivity index (χ0n) is 21.1. The third kappa shape index (κ3) is 4.22. The highest BCUT2D eigenvalue weighted by Crippen LogP contribution is 2.29. The van der Waals surface area contributed by atoms with Crippen molar-refractivity contribution in [2.24, 2.45) is 5.92 Å². The van der Waals surface area contributed by atoms with Crippen LogP contribution in [-0.4, -0.2) is 51.2 Å². The zero-order valence-corrected chi connectivity index (χ0v) is 21.1. The molecule has 3 N–H and O–H groups in total. The lowest BCUT2D eigenvalue weighted by atomic mass is 10.1. The number of aromatic nitrogens is 9. The fourth-order valence-corrected chi connectivity index (χ4v) is 5.36. The SMILES string of the molecule is Cc1cn(-c2cncc3[nH]c(-c4n[nH]c5ccc(-c6cncc(CNCC7CCCC7)c6)nc45)nc23)cn1. The molecule has 0 saturated heterocycles. The highest BCUT2D eigenvalue weighted by Gasteiger charge is 2.18. The third-order valence-electron chi connectivity index (χ3n) is 7.32. The minimum Gasteiger partial charge on any atom is -0.335 e. The summed E-state index contributed by atoms with van der Waals surface area (Å²) in [5.74, 6) is 1.44. The Balaban J connectivity index is 1.20. The van der Waals surface area contributed by atoms with Crippen molar-refractivity contribution in [1.82, 2.24) is 50.0 Å². The van der Waals surface area contributed by atoms with Crippen molar-refractivity contribution in [2.75, 3.05) is 6.54 Å². The quantitative estimate of drug-likeness (QED) is 0.287. The van der Waals surface area contributed by atoms with E-state index in [-0.39, 0.29) is 0 Å². The standard InChI is InChI=1S/C28H28N10/c1-17-15-38(16-32-17)24-14-31-13-23-25(24)35-28(34-23)27-26-22(36-37-27)7-6-21(33-26)20-8-19(11-30-12-20)10-29-9-18-4-2-3-5-18/h6-8,11-16,18,29H,2-5,9-10H2,1H3,(H,34,35)(H,36,37). The Morgan fingerprint density at radius 1 is 1.00 bits per heavy atom. The van der Waals surface area contributed by atoms with E-state index in [0.29, 0.717) is 11.5 Å². The first-order chi connectivity index (χ1) is 18.7. The highest BCUT2D eigenvalue weighted by atomic mass is 15.2. The first-order valence-corrected chi connectivity index (χ1v) is 13.1. The zero-order chi connectivity index (χ0) is 25.5. The van der Waals surface area contributed by atoms with Crippen LogP contribution in [0, 0.1) is 12.8 Å². The summed E-state index contributed by atoms with van der Waals surface area (Å²) in [6, 6.07) is 6.16. The van der Waals surface area contributed by atoms with Crippen molar-refractivity contribution in [3.63, 3.8) is 0 Å². The van der Waals surface area contributed by atoms with Crippen molar-refractivity contribution < 1.29 is 0 Å². The van der Waals surface area contributed by atoms with Crippen LogP contribution >= 0.6 is 0 Å². The van der Waals surface area contributed by atoms with Gasteiger partial charge in [0.2, 0.25) is 0 Å². The number of hydrogen-bond acceptors (Lipinski definition) is 7. The van der Waals surface area contributed by atoms with Gasteiger partial charge in [0.25, 0.3) is 0 Å². The minimum atomic E-state index is 0.630. The summed E-state index contributed by atoms with van der Waals surface area (Å²) < 4.78 is 1.93. The number of rotatable bonds is 7. The summed E-state index contributed by atoms with van der Waals surface area (Å²) in [5, 5.41) is 11.3. The van der Waals surface area contributed by atoms with Crippen LogP contribution in [0.2, 0.25) is 0 Å². The van der Waals surface area contributed by atoms with E-state index in [1.807, 2.05) is 42.2 Å². The maximum absolute atomic E-state index is 4.98. The number of hydrogen-bond donors (Lipinski definition) is 3. The fourth-order valence-electron chi connectivity index (χ4n) is 5.36. The average Bonchev–Trinajstić information content (AvgIpc) is 3.74. The molecule has 10 heteroatoms. The number of aryl methyl sites for hydroxylation is 1. The van der Waals surface area contributed by atoms with Gasteiger partial charge in [0.15, 0.2) is 11.5 Å². The summed E-state index contributed by atoms with van der Waals surface area (Å²) in [6.07, 6.45) is 16.5. The maximum atomic E-state index is 4.98. The van der Waals surface area contributed by atoms with Crippen molar-refractivity contribution >= 4 is 22.1 Å². The van der Waals surface area contributed by atoms with E-state index in [4.69, 9.17) is 9.97 Å². The molecule has 0 bridgehead atoms. The summed E-state index contributed by atoms with van der Waals surface area (Å²) in [5.41, 5.74) is 8.62. The molecule has 0 unspecified atom stereocenters. The van der Waals surface area contributed by atoms with Crippen LogP contribution in [-0.2, 0) is 6.54 Å². The van der Waals surface area contributed by atoms with Gasteiger partial charge in [0, 0.05) is 30.7 Å². The molecule has 6 aromatic heterocycles. The van der Waals surface area contributed by atoms with E-state index in [2.05, 4.69) is 41.5 Å². The second-order valence-electron chi connectivity index (χ2n) is 10.1. The van der Waals surface area contributed by atoms with E-state index in [1.54, 1.807) is 18.7 Å². The molecule has 0 radical (unpaired) electrons. The molecule has 6 aromatic rings. The highest BCUT2D eigenvalue weighted by molar-refractivity contribution is 5.92. The lowest BCUT2D eigenvalue weighted by Gasteiger charge is -2.11. The molecular weight excluding hydrogens is 476 g/mol. The number of imidazole rings is 2. The maximum Gasteiger partial charge on any atom is 0.161 e. The minimum absolute atomic E-state index is 0.630. The molecule has 1 saturated carbocycles. The molecule has 0 spiro atoms. The van der Waals surface area contributed by atoms with Gasteiger partial charge in [-0.15, -0.1) is 0 Å². The first kappa shape index (κ1) is 22.7. The molecule has 7 rings (SSSR count). The Morgan fingerprint density at radius 3 is 2.76 bits per heavy atom. The van der Waals surface area contributed by atoms with Crippen LogP contribution < -0.4 is 5.32 Å². The second kappa shape index (κ2) is 9.46. The summed E-state index contributed by atoms with van der Waals surface area (Å²) in [7, 11) is 0. The molecule has 1 fully saturated rings. The number of fused-ring (bicyclic) bond motifs is 2. The fraction of sp³-hybridized carbons (Fsp3) is 0.286. The second-order valence-corrected chi connectivity index (χ2v) is 10.1. The number of aromatic amines is 2. The largest absolute Gasteiger partial charge is 0.335 e. The molecule has 0 aliphatic heterocycles. The first-order valence-electron chi connectivity index (χ1n) is 13.1. The average molecular weight is 505 g/mol. The van der Waals surface area contributed by atoms with Crippen LogP contribution in [0.4, 0.5) is 0 Å². The molecule has 1 aliphatic carbocycles. The van der Waals surface area contributed by atoms with Crippen LogP contribution in [0.5, 0.6) is 0 Å². The predicted molar refractivity (Wildman–Crippen MR) is 146 cm³/mol. The summed E-state index contributed by atoms with van der Waals surface area (Å²) >= 11 is 0.